The number of aromatic amines is 2. The lowest BCUT2D eigenvalue weighted by molar-refractivity contribution is -0.136. The summed E-state index contributed by atoms with van der Waals surface area (Å²) in [6.07, 6.45) is 12.5. The number of amides is 1. The molecule has 7 nitrogen and oxygen atoms in total. The molecule has 0 atom stereocenters. The number of benzene rings is 1. The number of nitrogens with zero attached hydrogens (tertiary/aromatic N) is 3. The molecule has 174 valence electrons. The largest absolute Gasteiger partial charge is 0.361 e. The first kappa shape index (κ1) is 21.0. The number of rotatable bonds is 4. The molecule has 4 heterocycles. The fourth-order valence-corrected chi connectivity index (χ4v) is 5.45. The van der Waals surface area contributed by atoms with E-state index in [-0.39, 0.29) is 5.92 Å². The molecule has 1 fully saturated rings. The molecular weight excluding hydrogens is 424 g/mol. The zero-order chi connectivity index (χ0) is 23.1. The standard InChI is InChI=1S/C27H30N6O/c28-33(21-6-7-23-20(16-21)8-12-29-23)25-9-13-30-26-22(25)17-24(31-26)18-10-14-32(15-11-18)27(34)19-4-2-1-3-5-19/h6-10,12-13,16-17,19,29H,1-5,11,14-15,28H2,(H,30,31). The maximum atomic E-state index is 12.9. The summed E-state index contributed by atoms with van der Waals surface area (Å²) in [5.74, 6) is 7.14. The Morgan fingerprint density at radius 2 is 2.00 bits per heavy atom. The second-order valence-electron chi connectivity index (χ2n) is 9.49. The number of nitrogens with one attached hydrogen (secondary N) is 2. The van der Waals surface area contributed by atoms with Gasteiger partial charge in [0.15, 0.2) is 0 Å². The van der Waals surface area contributed by atoms with Gasteiger partial charge >= 0.3 is 0 Å². The molecule has 1 amide bonds. The molecule has 1 aromatic carbocycles. The Hall–Kier alpha value is -3.58. The first-order valence-corrected chi connectivity index (χ1v) is 12.3. The van der Waals surface area contributed by atoms with E-state index >= 15 is 0 Å². The zero-order valence-corrected chi connectivity index (χ0v) is 19.3. The molecule has 3 aromatic heterocycles. The fourth-order valence-electron chi connectivity index (χ4n) is 5.45. The minimum Gasteiger partial charge on any atom is -0.361 e. The number of hydrogen-bond acceptors (Lipinski definition) is 4. The normalized spacial score (nSPS) is 17.3. The number of aromatic nitrogens is 3. The summed E-state index contributed by atoms with van der Waals surface area (Å²) >= 11 is 0. The Balaban J connectivity index is 1.25. The van der Waals surface area contributed by atoms with E-state index in [0.29, 0.717) is 12.5 Å². The molecule has 1 aliphatic carbocycles. The van der Waals surface area contributed by atoms with Crippen LogP contribution in [0.25, 0.3) is 27.5 Å². The number of carbonyl (C=O) groups is 1. The molecular formula is C27H30N6O. The van der Waals surface area contributed by atoms with Gasteiger partial charge in [0.2, 0.25) is 5.91 Å². The predicted molar refractivity (Wildman–Crippen MR) is 136 cm³/mol. The van der Waals surface area contributed by atoms with Gasteiger partial charge in [0.1, 0.15) is 5.65 Å². The minimum absolute atomic E-state index is 0.226. The van der Waals surface area contributed by atoms with E-state index in [4.69, 9.17) is 5.84 Å². The molecule has 1 aliphatic heterocycles. The lowest BCUT2D eigenvalue weighted by Crippen LogP contribution is -2.39. The summed E-state index contributed by atoms with van der Waals surface area (Å²) in [6, 6.07) is 12.3. The SMILES string of the molecule is NN(c1ccc2[nH]ccc2c1)c1ccnc2[nH]c(C3=CCN(C(=O)C4CCCCC4)CC3)cc12. The van der Waals surface area contributed by atoms with Crippen molar-refractivity contribution < 1.29 is 4.79 Å². The van der Waals surface area contributed by atoms with Crippen molar-refractivity contribution in [1.82, 2.24) is 19.9 Å². The predicted octanol–water partition coefficient (Wildman–Crippen LogP) is 5.25. The van der Waals surface area contributed by atoms with Crippen molar-refractivity contribution in [2.45, 2.75) is 38.5 Å². The topological polar surface area (TPSA) is 94.0 Å². The Bertz CT molecular complexity index is 1380. The first-order valence-electron chi connectivity index (χ1n) is 12.3. The molecule has 0 saturated heterocycles. The van der Waals surface area contributed by atoms with Crippen molar-refractivity contribution >= 4 is 44.8 Å². The molecule has 1 saturated carbocycles. The van der Waals surface area contributed by atoms with Crippen LogP contribution in [0.5, 0.6) is 0 Å². The Labute approximate surface area is 198 Å². The van der Waals surface area contributed by atoms with Crippen LogP contribution in [-0.2, 0) is 4.79 Å². The van der Waals surface area contributed by atoms with Crippen LogP contribution in [0.15, 0.2) is 54.9 Å². The van der Waals surface area contributed by atoms with Gasteiger partial charge in [-0.3, -0.25) is 9.80 Å². The van der Waals surface area contributed by atoms with E-state index in [2.05, 4.69) is 33.2 Å². The number of H-pyrrole nitrogens is 2. The lowest BCUT2D eigenvalue weighted by atomic mass is 9.88. The number of hydrogen-bond donors (Lipinski definition) is 3. The van der Waals surface area contributed by atoms with Gasteiger partial charge in [-0.2, -0.15) is 0 Å². The third kappa shape index (κ3) is 3.76. The molecule has 2 aliphatic rings. The summed E-state index contributed by atoms with van der Waals surface area (Å²) in [5.41, 5.74) is 5.99. The van der Waals surface area contributed by atoms with Crippen molar-refractivity contribution in [3.05, 3.63) is 60.6 Å². The lowest BCUT2D eigenvalue weighted by Gasteiger charge is -2.31. The van der Waals surface area contributed by atoms with Gasteiger partial charge in [-0.1, -0.05) is 25.3 Å². The molecule has 4 aromatic rings. The van der Waals surface area contributed by atoms with E-state index < -0.39 is 0 Å². The first-order chi connectivity index (χ1) is 16.7. The third-order valence-corrected chi connectivity index (χ3v) is 7.40. The highest BCUT2D eigenvalue weighted by Gasteiger charge is 2.27. The minimum atomic E-state index is 0.226. The summed E-state index contributed by atoms with van der Waals surface area (Å²) in [6.45, 7) is 1.45. The van der Waals surface area contributed by atoms with Crippen molar-refractivity contribution in [3.63, 3.8) is 0 Å². The number of nitrogens with two attached hydrogens (primary N) is 1. The molecule has 0 bridgehead atoms. The number of fused-ring (bicyclic) bond motifs is 2. The number of carbonyl (C=O) groups excluding carboxylic acids is 1. The smallest absolute Gasteiger partial charge is 0.225 e. The zero-order valence-electron chi connectivity index (χ0n) is 19.3. The van der Waals surface area contributed by atoms with E-state index in [1.165, 1.54) is 24.8 Å². The number of hydrazine groups is 1. The quantitative estimate of drug-likeness (QED) is 0.290. The molecule has 0 unspecified atom stereocenters. The number of anilines is 2. The van der Waals surface area contributed by atoms with Crippen LogP contribution in [0.4, 0.5) is 11.4 Å². The van der Waals surface area contributed by atoms with Gasteiger partial charge in [-0.25, -0.2) is 10.8 Å². The van der Waals surface area contributed by atoms with E-state index in [9.17, 15) is 4.79 Å². The van der Waals surface area contributed by atoms with Crippen LogP contribution in [0.3, 0.4) is 0 Å². The summed E-state index contributed by atoms with van der Waals surface area (Å²) in [4.78, 5) is 26.2. The highest BCUT2D eigenvalue weighted by atomic mass is 16.2. The molecule has 6 rings (SSSR count). The molecule has 34 heavy (non-hydrogen) atoms. The van der Waals surface area contributed by atoms with Gasteiger partial charge in [0.05, 0.1) is 11.4 Å². The molecule has 0 radical (unpaired) electrons. The average Bonchev–Trinajstić information content (AvgIpc) is 3.55. The summed E-state index contributed by atoms with van der Waals surface area (Å²) in [5, 5.41) is 3.82. The molecule has 7 heteroatoms. The van der Waals surface area contributed by atoms with Crippen molar-refractivity contribution in [1.29, 1.82) is 0 Å². The van der Waals surface area contributed by atoms with Gasteiger partial charge < -0.3 is 14.9 Å². The van der Waals surface area contributed by atoms with Gasteiger partial charge in [0, 0.05) is 53.4 Å². The van der Waals surface area contributed by atoms with Crippen LogP contribution < -0.4 is 10.9 Å². The highest BCUT2D eigenvalue weighted by molar-refractivity contribution is 5.95. The van der Waals surface area contributed by atoms with E-state index in [1.54, 1.807) is 11.2 Å². The maximum Gasteiger partial charge on any atom is 0.225 e. The highest BCUT2D eigenvalue weighted by Crippen LogP contribution is 2.34. The van der Waals surface area contributed by atoms with Crippen molar-refractivity contribution in [2.75, 3.05) is 18.1 Å². The Morgan fingerprint density at radius 3 is 2.82 bits per heavy atom. The summed E-state index contributed by atoms with van der Waals surface area (Å²) < 4.78 is 0. The third-order valence-electron chi connectivity index (χ3n) is 7.40. The number of pyridine rings is 1. The summed E-state index contributed by atoms with van der Waals surface area (Å²) in [7, 11) is 0. The second-order valence-corrected chi connectivity index (χ2v) is 9.49. The van der Waals surface area contributed by atoms with Crippen LogP contribution in [0, 0.1) is 5.92 Å². The second kappa shape index (κ2) is 8.65. The van der Waals surface area contributed by atoms with Gasteiger partial charge in [0.25, 0.3) is 0 Å². The Morgan fingerprint density at radius 1 is 1.12 bits per heavy atom. The van der Waals surface area contributed by atoms with E-state index in [1.807, 2.05) is 35.4 Å². The van der Waals surface area contributed by atoms with E-state index in [0.717, 1.165) is 64.8 Å². The molecule has 4 N–H and O–H groups in total. The van der Waals surface area contributed by atoms with Crippen LogP contribution >= 0.6 is 0 Å². The van der Waals surface area contributed by atoms with Crippen LogP contribution in [-0.4, -0.2) is 38.8 Å². The fraction of sp³-hybridized carbons (Fsp3) is 0.333. The average molecular weight is 455 g/mol. The van der Waals surface area contributed by atoms with Gasteiger partial charge in [-0.05, 0) is 61.2 Å². The van der Waals surface area contributed by atoms with Crippen molar-refractivity contribution in [2.24, 2.45) is 11.8 Å². The maximum absolute atomic E-state index is 12.9. The monoisotopic (exact) mass is 454 g/mol. The van der Waals surface area contributed by atoms with Crippen LogP contribution in [0.2, 0.25) is 0 Å². The van der Waals surface area contributed by atoms with Crippen LogP contribution in [0.1, 0.15) is 44.2 Å². The Kier molecular flexibility index (Phi) is 5.34. The van der Waals surface area contributed by atoms with Crippen molar-refractivity contribution in [3.8, 4) is 0 Å². The molecule has 0 spiro atoms. The van der Waals surface area contributed by atoms with Gasteiger partial charge in [-0.15, -0.1) is 0 Å².